The third kappa shape index (κ3) is 3.20. The van der Waals surface area contributed by atoms with E-state index in [0.29, 0.717) is 6.42 Å². The van der Waals surface area contributed by atoms with Crippen molar-refractivity contribution in [3.63, 3.8) is 0 Å². The summed E-state index contributed by atoms with van der Waals surface area (Å²) < 4.78 is 0. The van der Waals surface area contributed by atoms with Gasteiger partial charge in [0.2, 0.25) is 5.91 Å². The second-order valence-electron chi connectivity index (χ2n) is 4.22. The highest BCUT2D eigenvalue weighted by molar-refractivity contribution is 5.92. The van der Waals surface area contributed by atoms with E-state index >= 15 is 0 Å². The number of carbonyl (C=O) groups is 1. The van der Waals surface area contributed by atoms with Gasteiger partial charge in [-0.05, 0) is 23.6 Å². The zero-order valence-electron chi connectivity index (χ0n) is 10.5. The van der Waals surface area contributed by atoms with Gasteiger partial charge in [-0.25, -0.2) is 0 Å². The number of amides is 1. The second kappa shape index (κ2) is 6.01. The maximum atomic E-state index is 11.9. The summed E-state index contributed by atoms with van der Waals surface area (Å²) in [5.41, 5.74) is 3.11. The molecule has 92 valence electrons. The summed E-state index contributed by atoms with van der Waals surface area (Å²) in [5.74, 6) is 0.0297. The van der Waals surface area contributed by atoms with E-state index in [2.05, 4.69) is 12.2 Å². The fourth-order valence-electron chi connectivity index (χ4n) is 1.93. The third-order valence-corrected chi connectivity index (χ3v) is 2.88. The molecule has 0 aliphatic heterocycles. The summed E-state index contributed by atoms with van der Waals surface area (Å²) >= 11 is 0. The molecule has 0 bridgehead atoms. The van der Waals surface area contributed by atoms with Crippen LogP contribution in [0, 0.1) is 0 Å². The van der Waals surface area contributed by atoms with Gasteiger partial charge in [-0.15, -0.1) is 0 Å². The molecular weight excluding hydrogens is 222 g/mol. The Balaban J connectivity index is 2.03. The highest BCUT2D eigenvalue weighted by Crippen LogP contribution is 2.15. The molecule has 0 radical (unpaired) electrons. The SMILES string of the molecule is CCc1ccccc1NC(=O)Cc1ccccc1. The van der Waals surface area contributed by atoms with Gasteiger partial charge < -0.3 is 5.32 Å². The lowest BCUT2D eigenvalue weighted by Gasteiger charge is -2.09. The van der Waals surface area contributed by atoms with Crippen LogP contribution in [0.1, 0.15) is 18.1 Å². The first-order chi connectivity index (χ1) is 8.79. The molecule has 0 aliphatic carbocycles. The Hall–Kier alpha value is -2.09. The van der Waals surface area contributed by atoms with Gasteiger partial charge in [-0.2, -0.15) is 0 Å². The molecule has 2 aromatic carbocycles. The van der Waals surface area contributed by atoms with Crippen LogP contribution in [-0.2, 0) is 17.6 Å². The molecule has 0 fully saturated rings. The number of nitrogens with one attached hydrogen (secondary N) is 1. The van der Waals surface area contributed by atoms with Crippen LogP contribution in [0.5, 0.6) is 0 Å². The topological polar surface area (TPSA) is 29.1 Å². The average Bonchev–Trinajstić information content (AvgIpc) is 2.40. The van der Waals surface area contributed by atoms with Crippen molar-refractivity contribution in [2.24, 2.45) is 0 Å². The highest BCUT2D eigenvalue weighted by atomic mass is 16.1. The maximum Gasteiger partial charge on any atom is 0.228 e. The first-order valence-electron chi connectivity index (χ1n) is 6.21. The van der Waals surface area contributed by atoms with Crippen LogP contribution in [0.3, 0.4) is 0 Å². The normalized spacial score (nSPS) is 10.1. The molecule has 1 amide bonds. The van der Waals surface area contributed by atoms with Crippen LogP contribution < -0.4 is 5.32 Å². The standard InChI is InChI=1S/C16H17NO/c1-2-14-10-6-7-11-15(14)17-16(18)12-13-8-4-3-5-9-13/h3-11H,2,12H2,1H3,(H,17,18). The first-order valence-corrected chi connectivity index (χ1v) is 6.21. The number of hydrogen-bond donors (Lipinski definition) is 1. The molecule has 1 N–H and O–H groups in total. The van der Waals surface area contributed by atoms with E-state index in [-0.39, 0.29) is 5.91 Å². The van der Waals surface area contributed by atoms with Gasteiger partial charge in [0.15, 0.2) is 0 Å². The number of benzene rings is 2. The van der Waals surface area contributed by atoms with Crippen molar-refractivity contribution in [1.82, 2.24) is 0 Å². The molecule has 0 aliphatic rings. The zero-order chi connectivity index (χ0) is 12.8. The Morgan fingerprint density at radius 2 is 1.67 bits per heavy atom. The lowest BCUT2D eigenvalue weighted by molar-refractivity contribution is -0.115. The van der Waals surface area contributed by atoms with E-state index < -0.39 is 0 Å². The maximum absolute atomic E-state index is 11.9. The molecule has 0 spiro atoms. The summed E-state index contributed by atoms with van der Waals surface area (Å²) in [6.45, 7) is 2.09. The largest absolute Gasteiger partial charge is 0.326 e. The predicted octanol–water partition coefficient (Wildman–Crippen LogP) is 3.43. The second-order valence-corrected chi connectivity index (χ2v) is 4.22. The molecule has 0 unspecified atom stereocenters. The van der Waals surface area contributed by atoms with Gasteiger partial charge in [-0.3, -0.25) is 4.79 Å². The Morgan fingerprint density at radius 3 is 2.39 bits per heavy atom. The van der Waals surface area contributed by atoms with Gasteiger partial charge >= 0.3 is 0 Å². The molecular formula is C16H17NO. The number of para-hydroxylation sites is 1. The lowest BCUT2D eigenvalue weighted by atomic mass is 10.1. The van der Waals surface area contributed by atoms with E-state index in [0.717, 1.165) is 17.7 Å². The van der Waals surface area contributed by atoms with Crippen molar-refractivity contribution in [3.8, 4) is 0 Å². The summed E-state index contributed by atoms with van der Waals surface area (Å²) in [6, 6.07) is 17.7. The van der Waals surface area contributed by atoms with Crippen LogP contribution in [-0.4, -0.2) is 5.91 Å². The Kier molecular flexibility index (Phi) is 4.13. The molecule has 2 heteroatoms. The summed E-state index contributed by atoms with van der Waals surface area (Å²) in [7, 11) is 0. The predicted molar refractivity (Wildman–Crippen MR) is 74.6 cm³/mol. The zero-order valence-corrected chi connectivity index (χ0v) is 10.5. The fourth-order valence-corrected chi connectivity index (χ4v) is 1.93. The minimum absolute atomic E-state index is 0.0297. The average molecular weight is 239 g/mol. The number of hydrogen-bond acceptors (Lipinski definition) is 1. The van der Waals surface area contributed by atoms with Gasteiger partial charge in [0, 0.05) is 5.69 Å². The van der Waals surface area contributed by atoms with E-state index in [1.807, 2.05) is 54.6 Å². The first kappa shape index (κ1) is 12.4. The van der Waals surface area contributed by atoms with Gasteiger partial charge in [0.1, 0.15) is 0 Å². The summed E-state index contributed by atoms with van der Waals surface area (Å²) in [4.78, 5) is 11.9. The summed E-state index contributed by atoms with van der Waals surface area (Å²) in [6.07, 6.45) is 1.33. The minimum atomic E-state index is 0.0297. The highest BCUT2D eigenvalue weighted by Gasteiger charge is 2.06. The molecule has 0 saturated carbocycles. The van der Waals surface area contributed by atoms with E-state index in [4.69, 9.17) is 0 Å². The molecule has 2 rings (SSSR count). The Bertz CT molecular complexity index is 520. The Morgan fingerprint density at radius 1 is 1.00 bits per heavy atom. The summed E-state index contributed by atoms with van der Waals surface area (Å²) in [5, 5.41) is 2.97. The van der Waals surface area contributed by atoms with Crippen molar-refractivity contribution >= 4 is 11.6 Å². The fraction of sp³-hybridized carbons (Fsp3) is 0.188. The van der Waals surface area contributed by atoms with Crippen molar-refractivity contribution < 1.29 is 4.79 Å². The molecule has 2 nitrogen and oxygen atoms in total. The number of aryl methyl sites for hydroxylation is 1. The van der Waals surface area contributed by atoms with Crippen LogP contribution >= 0.6 is 0 Å². The van der Waals surface area contributed by atoms with E-state index in [1.165, 1.54) is 5.56 Å². The van der Waals surface area contributed by atoms with Crippen molar-refractivity contribution in [2.45, 2.75) is 19.8 Å². The van der Waals surface area contributed by atoms with Crippen molar-refractivity contribution in [3.05, 3.63) is 65.7 Å². The number of rotatable bonds is 4. The van der Waals surface area contributed by atoms with Crippen LogP contribution in [0.15, 0.2) is 54.6 Å². The molecule has 0 aromatic heterocycles. The Labute approximate surface area is 108 Å². The molecule has 0 heterocycles. The van der Waals surface area contributed by atoms with Crippen LogP contribution in [0.2, 0.25) is 0 Å². The van der Waals surface area contributed by atoms with Gasteiger partial charge in [-0.1, -0.05) is 55.5 Å². The van der Waals surface area contributed by atoms with Crippen molar-refractivity contribution in [2.75, 3.05) is 5.32 Å². The monoisotopic (exact) mass is 239 g/mol. The number of carbonyl (C=O) groups excluding carboxylic acids is 1. The number of anilines is 1. The van der Waals surface area contributed by atoms with E-state index in [9.17, 15) is 4.79 Å². The van der Waals surface area contributed by atoms with Crippen LogP contribution in [0.4, 0.5) is 5.69 Å². The molecule has 18 heavy (non-hydrogen) atoms. The van der Waals surface area contributed by atoms with Gasteiger partial charge in [0.05, 0.1) is 6.42 Å². The van der Waals surface area contributed by atoms with E-state index in [1.54, 1.807) is 0 Å². The lowest BCUT2D eigenvalue weighted by Crippen LogP contribution is -2.15. The van der Waals surface area contributed by atoms with Gasteiger partial charge in [0.25, 0.3) is 0 Å². The molecule has 0 atom stereocenters. The van der Waals surface area contributed by atoms with Crippen molar-refractivity contribution in [1.29, 1.82) is 0 Å². The smallest absolute Gasteiger partial charge is 0.228 e. The minimum Gasteiger partial charge on any atom is -0.326 e. The molecule has 0 saturated heterocycles. The molecule has 2 aromatic rings. The quantitative estimate of drug-likeness (QED) is 0.870. The van der Waals surface area contributed by atoms with Crippen LogP contribution in [0.25, 0.3) is 0 Å². The third-order valence-electron chi connectivity index (χ3n) is 2.88.